The van der Waals surface area contributed by atoms with E-state index < -0.39 is 17.3 Å². The minimum Gasteiger partial charge on any atom is -0.481 e. The highest BCUT2D eigenvalue weighted by Crippen LogP contribution is 2.41. The van der Waals surface area contributed by atoms with Gasteiger partial charge in [0.25, 0.3) is 0 Å². The summed E-state index contributed by atoms with van der Waals surface area (Å²) in [6.45, 7) is 9.79. The van der Waals surface area contributed by atoms with Crippen LogP contribution in [0.25, 0.3) is 0 Å². The van der Waals surface area contributed by atoms with Gasteiger partial charge in [-0.25, -0.2) is 0 Å². The van der Waals surface area contributed by atoms with E-state index in [-0.39, 0.29) is 11.6 Å². The van der Waals surface area contributed by atoms with Gasteiger partial charge < -0.3 is 5.11 Å². The maximum Gasteiger partial charge on any atom is 0.307 e. The van der Waals surface area contributed by atoms with Gasteiger partial charge in [0.2, 0.25) is 0 Å². The molecule has 0 heterocycles. The Labute approximate surface area is 113 Å². The normalized spacial score (nSPS) is 19.1. The molecule has 0 radical (unpaired) electrons. The number of carbonyl (C=O) groups excluding carboxylic acids is 2. The van der Waals surface area contributed by atoms with Gasteiger partial charge in [0.05, 0.1) is 5.92 Å². The van der Waals surface area contributed by atoms with E-state index in [0.717, 1.165) is 0 Å². The number of hydrogen-bond donors (Lipinski definition) is 1. The molecule has 0 fully saturated rings. The van der Waals surface area contributed by atoms with Gasteiger partial charge >= 0.3 is 5.97 Å². The lowest BCUT2D eigenvalue weighted by Crippen LogP contribution is -2.37. The Kier molecular flexibility index (Phi) is 3.84. The van der Waals surface area contributed by atoms with Crippen molar-refractivity contribution >= 4 is 17.5 Å². The molecule has 0 aromatic carbocycles. The lowest BCUT2D eigenvalue weighted by Gasteiger charge is -2.34. The van der Waals surface area contributed by atoms with E-state index in [1.807, 2.05) is 0 Å². The third kappa shape index (κ3) is 2.27. The number of allylic oxidation sites excluding steroid dienone is 4. The Morgan fingerprint density at radius 3 is 1.84 bits per heavy atom. The Morgan fingerprint density at radius 1 is 1.00 bits per heavy atom. The molecule has 1 aliphatic rings. The van der Waals surface area contributed by atoms with Crippen LogP contribution in [0.4, 0.5) is 0 Å². The summed E-state index contributed by atoms with van der Waals surface area (Å²) >= 11 is 0. The summed E-state index contributed by atoms with van der Waals surface area (Å²) in [5, 5.41) is 9.17. The maximum atomic E-state index is 12.4. The van der Waals surface area contributed by atoms with Crippen LogP contribution < -0.4 is 0 Å². The van der Waals surface area contributed by atoms with Gasteiger partial charge in [-0.15, -0.1) is 0 Å². The minimum atomic E-state index is -0.977. The molecule has 0 amide bonds. The molecule has 4 nitrogen and oxygen atoms in total. The fourth-order valence-corrected chi connectivity index (χ4v) is 2.39. The average Bonchev–Trinajstić information content (AvgIpc) is 2.32. The molecule has 4 heteroatoms. The van der Waals surface area contributed by atoms with Crippen LogP contribution in [0.2, 0.25) is 0 Å². The number of carboxylic acids is 1. The number of carbonyl (C=O) groups is 3. The van der Waals surface area contributed by atoms with Gasteiger partial charge in [0.15, 0.2) is 11.6 Å². The lowest BCUT2D eigenvalue weighted by atomic mass is 9.67. The highest BCUT2D eigenvalue weighted by atomic mass is 16.4. The van der Waals surface area contributed by atoms with Crippen LogP contribution in [0.15, 0.2) is 22.3 Å². The molecule has 104 valence electrons. The van der Waals surface area contributed by atoms with Gasteiger partial charge in [-0.3, -0.25) is 14.4 Å². The monoisotopic (exact) mass is 264 g/mol. The molecule has 0 spiro atoms. The molecule has 0 bridgehead atoms. The number of aliphatic carboxylic acids is 1. The van der Waals surface area contributed by atoms with E-state index in [2.05, 4.69) is 0 Å². The third-order valence-corrected chi connectivity index (χ3v) is 4.28. The van der Waals surface area contributed by atoms with Crippen LogP contribution >= 0.6 is 0 Å². The number of Topliss-reactive ketones (excluding diaryl/α,β-unsaturated/α-hetero) is 2. The van der Waals surface area contributed by atoms with E-state index in [4.69, 9.17) is 0 Å². The van der Waals surface area contributed by atoms with Crippen LogP contribution in [-0.4, -0.2) is 22.6 Å². The summed E-state index contributed by atoms with van der Waals surface area (Å²) in [6, 6.07) is 0. The van der Waals surface area contributed by atoms with Crippen molar-refractivity contribution in [2.24, 2.45) is 11.3 Å². The van der Waals surface area contributed by atoms with E-state index in [1.54, 1.807) is 41.5 Å². The number of carboxylic acid groups (broad SMARTS) is 1. The van der Waals surface area contributed by atoms with Gasteiger partial charge in [-0.2, -0.15) is 0 Å². The Hall–Kier alpha value is -1.71. The quantitative estimate of drug-likeness (QED) is 0.795. The van der Waals surface area contributed by atoms with Gasteiger partial charge in [0, 0.05) is 27.7 Å². The molecule has 0 aliphatic heterocycles. The summed E-state index contributed by atoms with van der Waals surface area (Å²) < 4.78 is 0. The standard InChI is InChI=1S/C15H20O4/c1-7-8(2)13(17)11(9(3)12(7)16)15(5,6)10(4)14(18)19/h10H,1-6H3,(H,18,19). The van der Waals surface area contributed by atoms with Crippen molar-refractivity contribution in [2.75, 3.05) is 0 Å². The zero-order chi connectivity index (χ0) is 15.1. The molecular formula is C15H20O4. The highest BCUT2D eigenvalue weighted by molar-refractivity contribution is 6.25. The Morgan fingerprint density at radius 2 is 1.42 bits per heavy atom. The second-order valence-electron chi connectivity index (χ2n) is 5.69. The first-order chi connectivity index (χ1) is 8.53. The van der Waals surface area contributed by atoms with Gasteiger partial charge in [0.1, 0.15) is 0 Å². The van der Waals surface area contributed by atoms with Crippen molar-refractivity contribution in [3.8, 4) is 0 Å². The summed E-state index contributed by atoms with van der Waals surface area (Å²) in [7, 11) is 0. The summed E-state index contributed by atoms with van der Waals surface area (Å²) in [5.41, 5.74) is 0.674. The maximum absolute atomic E-state index is 12.4. The van der Waals surface area contributed by atoms with E-state index in [9.17, 15) is 19.5 Å². The second kappa shape index (κ2) is 4.76. The SMILES string of the molecule is CC1=C(C)C(=O)C(C(C)(C)C(C)C(=O)O)=C(C)C1=O. The Balaban J connectivity index is 3.46. The van der Waals surface area contributed by atoms with Crippen molar-refractivity contribution in [1.29, 1.82) is 0 Å². The van der Waals surface area contributed by atoms with Gasteiger partial charge in [-0.05, 0) is 20.8 Å². The van der Waals surface area contributed by atoms with Crippen molar-refractivity contribution in [3.05, 3.63) is 22.3 Å². The molecule has 1 aliphatic carbocycles. The molecule has 1 unspecified atom stereocenters. The zero-order valence-electron chi connectivity index (χ0n) is 12.2. The first-order valence-electron chi connectivity index (χ1n) is 6.24. The number of rotatable bonds is 3. The first kappa shape index (κ1) is 15.3. The molecule has 19 heavy (non-hydrogen) atoms. The van der Waals surface area contributed by atoms with Crippen LogP contribution in [0, 0.1) is 11.3 Å². The lowest BCUT2D eigenvalue weighted by molar-refractivity contribution is -0.144. The Bertz CT molecular complexity index is 532. The molecule has 0 aromatic rings. The van der Waals surface area contributed by atoms with Crippen LogP contribution in [0.5, 0.6) is 0 Å². The van der Waals surface area contributed by atoms with Crippen LogP contribution in [0.3, 0.4) is 0 Å². The fraction of sp³-hybridized carbons (Fsp3) is 0.533. The number of hydrogen-bond acceptors (Lipinski definition) is 3. The largest absolute Gasteiger partial charge is 0.481 e. The smallest absolute Gasteiger partial charge is 0.307 e. The fourth-order valence-electron chi connectivity index (χ4n) is 2.39. The third-order valence-electron chi connectivity index (χ3n) is 4.28. The van der Waals surface area contributed by atoms with E-state index in [1.165, 1.54) is 0 Å². The van der Waals surface area contributed by atoms with Crippen LogP contribution in [-0.2, 0) is 14.4 Å². The molecule has 0 aromatic heterocycles. The zero-order valence-corrected chi connectivity index (χ0v) is 12.2. The highest BCUT2D eigenvalue weighted by Gasteiger charge is 2.42. The van der Waals surface area contributed by atoms with Crippen molar-refractivity contribution < 1.29 is 19.5 Å². The van der Waals surface area contributed by atoms with Crippen molar-refractivity contribution in [3.63, 3.8) is 0 Å². The molecule has 1 atom stereocenters. The topological polar surface area (TPSA) is 71.4 Å². The molecule has 1 N–H and O–H groups in total. The molecule has 1 rings (SSSR count). The predicted octanol–water partition coefficient (Wildman–Crippen LogP) is 2.54. The number of ketones is 2. The summed E-state index contributed by atoms with van der Waals surface area (Å²) in [5.74, 6) is -2.11. The first-order valence-corrected chi connectivity index (χ1v) is 6.24. The van der Waals surface area contributed by atoms with E-state index >= 15 is 0 Å². The van der Waals surface area contributed by atoms with Crippen molar-refractivity contribution in [1.82, 2.24) is 0 Å². The summed E-state index contributed by atoms with van der Waals surface area (Å²) in [4.78, 5) is 35.7. The average molecular weight is 264 g/mol. The van der Waals surface area contributed by atoms with Crippen molar-refractivity contribution in [2.45, 2.75) is 41.5 Å². The predicted molar refractivity (Wildman–Crippen MR) is 71.7 cm³/mol. The minimum absolute atomic E-state index is 0.169. The summed E-state index contributed by atoms with van der Waals surface area (Å²) in [6.07, 6.45) is 0. The molecular weight excluding hydrogens is 244 g/mol. The molecule has 0 saturated heterocycles. The van der Waals surface area contributed by atoms with Crippen LogP contribution in [0.1, 0.15) is 41.5 Å². The molecule has 0 saturated carbocycles. The van der Waals surface area contributed by atoms with Gasteiger partial charge in [-0.1, -0.05) is 20.8 Å². The van der Waals surface area contributed by atoms with E-state index in [0.29, 0.717) is 22.3 Å². The second-order valence-corrected chi connectivity index (χ2v) is 5.69.